The van der Waals surface area contributed by atoms with Gasteiger partial charge in [-0.05, 0) is 39.3 Å². The van der Waals surface area contributed by atoms with Crippen LogP contribution in [0.3, 0.4) is 0 Å². The molecule has 0 fully saturated rings. The van der Waals surface area contributed by atoms with Crippen LogP contribution in [0.2, 0.25) is 0 Å². The fourth-order valence-electron chi connectivity index (χ4n) is 3.38. The third-order valence-corrected chi connectivity index (χ3v) is 5.20. The number of benzene rings is 1. The number of rotatable bonds is 13. The van der Waals surface area contributed by atoms with Gasteiger partial charge in [0.1, 0.15) is 5.75 Å². The Bertz CT molecular complexity index is 870. The molecule has 0 saturated heterocycles. The molecule has 2 aromatic rings. The lowest BCUT2D eigenvalue weighted by molar-refractivity contribution is 0.172. The minimum Gasteiger partial charge on any atom is -0.493 e. The number of hydrogen-bond acceptors (Lipinski definition) is 5. The molecule has 0 saturated carbocycles. The Balaban J connectivity index is 0.00000544. The molecule has 1 aromatic heterocycles. The number of aliphatic imine (C=N–C) groups is 1. The smallest absolute Gasteiger partial charge is 0.191 e. The normalized spacial score (nSPS) is 11.3. The predicted molar refractivity (Wildman–Crippen MR) is 144 cm³/mol. The largest absolute Gasteiger partial charge is 0.493 e. The van der Waals surface area contributed by atoms with E-state index in [9.17, 15) is 0 Å². The lowest BCUT2D eigenvalue weighted by atomic mass is 10.1. The van der Waals surface area contributed by atoms with Crippen molar-refractivity contribution in [1.82, 2.24) is 20.4 Å². The number of methoxy groups -OCH3 is 2. The lowest BCUT2D eigenvalue weighted by Crippen LogP contribution is -2.37. The Labute approximate surface area is 215 Å². The zero-order chi connectivity index (χ0) is 23.3. The Morgan fingerprint density at radius 1 is 1.06 bits per heavy atom. The van der Waals surface area contributed by atoms with Crippen LogP contribution in [-0.2, 0) is 29.1 Å². The Morgan fingerprint density at radius 3 is 2.52 bits per heavy atom. The van der Waals surface area contributed by atoms with E-state index in [1.165, 1.54) is 11.1 Å². The highest BCUT2D eigenvalue weighted by atomic mass is 127. The van der Waals surface area contributed by atoms with Gasteiger partial charge in [-0.25, -0.2) is 4.99 Å². The third-order valence-electron chi connectivity index (χ3n) is 5.20. The van der Waals surface area contributed by atoms with Gasteiger partial charge < -0.3 is 24.8 Å². The first kappa shape index (κ1) is 29.2. The van der Waals surface area contributed by atoms with Crippen LogP contribution in [0.5, 0.6) is 5.75 Å². The maximum Gasteiger partial charge on any atom is 0.191 e. The molecule has 0 atom stereocenters. The van der Waals surface area contributed by atoms with Crippen molar-refractivity contribution in [3.63, 3.8) is 0 Å². The molecule has 0 radical (unpaired) electrons. The van der Waals surface area contributed by atoms with E-state index in [1.54, 1.807) is 14.2 Å². The van der Waals surface area contributed by atoms with E-state index >= 15 is 0 Å². The van der Waals surface area contributed by atoms with E-state index in [4.69, 9.17) is 19.2 Å². The van der Waals surface area contributed by atoms with Gasteiger partial charge in [0.05, 0.1) is 32.0 Å². The van der Waals surface area contributed by atoms with Gasteiger partial charge in [-0.3, -0.25) is 4.68 Å². The summed E-state index contributed by atoms with van der Waals surface area (Å²) < 4.78 is 18.3. The van der Waals surface area contributed by atoms with Crippen LogP contribution in [0.1, 0.15) is 41.4 Å². The highest BCUT2D eigenvalue weighted by Gasteiger charge is 2.12. The second-order valence-corrected chi connectivity index (χ2v) is 7.72. The summed E-state index contributed by atoms with van der Waals surface area (Å²) in [6, 6.07) is 6.25. The molecule has 2 N–H and O–H groups in total. The minimum atomic E-state index is 0. The molecular formula is C24H40IN5O3. The third kappa shape index (κ3) is 9.50. The van der Waals surface area contributed by atoms with Crippen LogP contribution in [0, 0.1) is 20.8 Å². The number of aromatic nitrogens is 2. The van der Waals surface area contributed by atoms with Gasteiger partial charge >= 0.3 is 0 Å². The van der Waals surface area contributed by atoms with Crippen LogP contribution >= 0.6 is 24.0 Å². The molecule has 0 aliphatic carbocycles. The fourth-order valence-corrected chi connectivity index (χ4v) is 3.38. The average Bonchev–Trinajstić information content (AvgIpc) is 3.05. The predicted octanol–water partition coefficient (Wildman–Crippen LogP) is 3.74. The van der Waals surface area contributed by atoms with Crippen molar-refractivity contribution >= 4 is 29.9 Å². The summed E-state index contributed by atoms with van der Waals surface area (Å²) in [5.74, 6) is 1.65. The van der Waals surface area contributed by atoms with Crippen LogP contribution in [-0.4, -0.2) is 56.3 Å². The van der Waals surface area contributed by atoms with E-state index in [-0.39, 0.29) is 24.0 Å². The monoisotopic (exact) mass is 573 g/mol. The summed E-state index contributed by atoms with van der Waals surface area (Å²) in [7, 11) is 3.41. The molecule has 0 bridgehead atoms. The average molecular weight is 574 g/mol. The van der Waals surface area contributed by atoms with Crippen molar-refractivity contribution in [2.24, 2.45) is 4.99 Å². The summed E-state index contributed by atoms with van der Waals surface area (Å²) >= 11 is 0. The summed E-state index contributed by atoms with van der Waals surface area (Å²) in [5.41, 5.74) is 5.58. The molecule has 8 nitrogen and oxygen atoms in total. The molecule has 1 aromatic carbocycles. The van der Waals surface area contributed by atoms with Crippen molar-refractivity contribution in [2.75, 3.05) is 40.6 Å². The molecule has 9 heteroatoms. The molecule has 33 heavy (non-hydrogen) atoms. The molecule has 0 amide bonds. The summed E-state index contributed by atoms with van der Waals surface area (Å²) in [4.78, 5) is 4.79. The van der Waals surface area contributed by atoms with Gasteiger partial charge in [0, 0.05) is 57.2 Å². The van der Waals surface area contributed by atoms with E-state index in [0.29, 0.717) is 32.9 Å². The van der Waals surface area contributed by atoms with Crippen molar-refractivity contribution < 1.29 is 14.2 Å². The van der Waals surface area contributed by atoms with E-state index in [2.05, 4.69) is 54.7 Å². The minimum absolute atomic E-state index is 0. The van der Waals surface area contributed by atoms with E-state index < -0.39 is 0 Å². The number of nitrogens with one attached hydrogen (secondary N) is 2. The molecule has 186 valence electrons. The molecule has 1 heterocycles. The fraction of sp³-hybridized carbons (Fsp3) is 0.583. The van der Waals surface area contributed by atoms with Gasteiger partial charge in [-0.2, -0.15) is 5.10 Å². The molecule has 0 unspecified atom stereocenters. The maximum atomic E-state index is 6.00. The van der Waals surface area contributed by atoms with Crippen molar-refractivity contribution in [3.05, 3.63) is 46.3 Å². The summed E-state index contributed by atoms with van der Waals surface area (Å²) in [6.45, 7) is 12.9. The number of ether oxygens (including phenoxy) is 3. The van der Waals surface area contributed by atoms with Crippen molar-refractivity contribution in [2.45, 2.75) is 53.8 Å². The highest BCUT2D eigenvalue weighted by Crippen LogP contribution is 2.21. The second kappa shape index (κ2) is 15.9. The zero-order valence-corrected chi connectivity index (χ0v) is 23.2. The Kier molecular flexibility index (Phi) is 14.1. The lowest BCUT2D eigenvalue weighted by Gasteiger charge is -2.14. The molecule has 0 spiro atoms. The topological polar surface area (TPSA) is 81.9 Å². The number of guanidine groups is 1. The number of hydrogen-bond donors (Lipinski definition) is 2. The molecule has 0 aliphatic rings. The van der Waals surface area contributed by atoms with Gasteiger partial charge in [0.15, 0.2) is 5.96 Å². The maximum absolute atomic E-state index is 6.00. The molecular weight excluding hydrogens is 533 g/mol. The highest BCUT2D eigenvalue weighted by molar-refractivity contribution is 14.0. The standard InChI is InChI=1S/C24H39N5O3.HI/c1-7-25-24(27-17-22-19(3)28-29(20(22)4)11-14-31-6)26-16-21-10-9-18(2)15-23(21)32-13-8-12-30-5;/h9-10,15H,7-8,11-14,16-17H2,1-6H3,(H2,25,26,27);1H. The first-order chi connectivity index (χ1) is 15.5. The van der Waals surface area contributed by atoms with Gasteiger partial charge in [0.2, 0.25) is 0 Å². The van der Waals surface area contributed by atoms with E-state index in [1.807, 2.05) is 11.6 Å². The van der Waals surface area contributed by atoms with Crippen molar-refractivity contribution in [1.29, 1.82) is 0 Å². The SMILES string of the molecule is CCNC(=NCc1ccc(C)cc1OCCCOC)NCc1c(C)nn(CCOC)c1C.I. The van der Waals surface area contributed by atoms with Gasteiger partial charge in [-0.1, -0.05) is 12.1 Å². The summed E-state index contributed by atoms with van der Waals surface area (Å²) in [6.07, 6.45) is 0.855. The quantitative estimate of drug-likeness (QED) is 0.165. The molecule has 0 aliphatic heterocycles. The number of halogens is 1. The summed E-state index contributed by atoms with van der Waals surface area (Å²) in [5, 5.41) is 11.4. The Morgan fingerprint density at radius 2 is 1.82 bits per heavy atom. The van der Waals surface area contributed by atoms with Gasteiger partial charge in [-0.15, -0.1) is 24.0 Å². The van der Waals surface area contributed by atoms with Crippen LogP contribution in [0.4, 0.5) is 0 Å². The van der Waals surface area contributed by atoms with Crippen LogP contribution in [0.15, 0.2) is 23.2 Å². The molecule has 2 rings (SSSR count). The van der Waals surface area contributed by atoms with Gasteiger partial charge in [0.25, 0.3) is 0 Å². The Hall–Kier alpha value is -1.85. The second-order valence-electron chi connectivity index (χ2n) is 7.72. The zero-order valence-electron chi connectivity index (χ0n) is 20.9. The van der Waals surface area contributed by atoms with Crippen molar-refractivity contribution in [3.8, 4) is 5.75 Å². The first-order valence-electron chi connectivity index (χ1n) is 11.2. The number of aryl methyl sites for hydroxylation is 2. The first-order valence-corrected chi connectivity index (χ1v) is 11.2. The van der Waals surface area contributed by atoms with Crippen LogP contribution in [0.25, 0.3) is 0 Å². The van der Waals surface area contributed by atoms with Crippen LogP contribution < -0.4 is 15.4 Å². The van der Waals surface area contributed by atoms with E-state index in [0.717, 1.165) is 48.2 Å². The number of nitrogens with zero attached hydrogens (tertiary/aromatic N) is 3.